The van der Waals surface area contributed by atoms with E-state index in [4.69, 9.17) is 11.6 Å². The number of aromatic amines is 1. The highest BCUT2D eigenvalue weighted by Crippen LogP contribution is 2.32. The van der Waals surface area contributed by atoms with Gasteiger partial charge in [-0.1, -0.05) is 29.4 Å². The van der Waals surface area contributed by atoms with Crippen molar-refractivity contribution < 1.29 is 0 Å². The number of nitrogens with zero attached hydrogens (tertiary/aromatic N) is 1. The van der Waals surface area contributed by atoms with Crippen LogP contribution in [-0.4, -0.2) is 16.0 Å². The van der Waals surface area contributed by atoms with Crippen molar-refractivity contribution in [1.82, 2.24) is 15.3 Å². The van der Waals surface area contributed by atoms with Crippen molar-refractivity contribution >= 4 is 23.4 Å². The molecule has 1 fully saturated rings. The number of H-pyrrole nitrogens is 1. The molecule has 2 N–H and O–H groups in total. The molecular formula is C13H14ClN3S. The lowest BCUT2D eigenvalue weighted by Crippen LogP contribution is -2.16. The maximum Gasteiger partial charge on any atom is 0.170 e. The molecule has 0 spiro atoms. The highest BCUT2D eigenvalue weighted by molar-refractivity contribution is 7.99. The first-order valence-electron chi connectivity index (χ1n) is 6.01. The molecule has 18 heavy (non-hydrogen) atoms. The van der Waals surface area contributed by atoms with Crippen LogP contribution < -0.4 is 5.32 Å². The van der Waals surface area contributed by atoms with Gasteiger partial charge in [-0.3, -0.25) is 0 Å². The predicted molar refractivity (Wildman–Crippen MR) is 74.0 cm³/mol. The third kappa shape index (κ3) is 2.88. The van der Waals surface area contributed by atoms with E-state index in [9.17, 15) is 0 Å². The van der Waals surface area contributed by atoms with Crippen LogP contribution in [0.5, 0.6) is 0 Å². The van der Waals surface area contributed by atoms with Crippen LogP contribution in [0.15, 0.2) is 40.6 Å². The zero-order chi connectivity index (χ0) is 12.4. The van der Waals surface area contributed by atoms with Crippen LogP contribution in [-0.2, 0) is 6.54 Å². The summed E-state index contributed by atoms with van der Waals surface area (Å²) in [5, 5.41) is 5.22. The molecule has 1 saturated carbocycles. The van der Waals surface area contributed by atoms with E-state index in [1.807, 2.05) is 18.3 Å². The smallest absolute Gasteiger partial charge is 0.170 e. The molecule has 1 aromatic heterocycles. The van der Waals surface area contributed by atoms with Crippen molar-refractivity contribution in [3.8, 4) is 0 Å². The van der Waals surface area contributed by atoms with E-state index in [0.717, 1.165) is 27.2 Å². The molecule has 0 amide bonds. The molecule has 0 aliphatic heterocycles. The van der Waals surface area contributed by atoms with Gasteiger partial charge >= 0.3 is 0 Å². The van der Waals surface area contributed by atoms with Crippen molar-refractivity contribution in [2.75, 3.05) is 0 Å². The summed E-state index contributed by atoms with van der Waals surface area (Å²) in [5.41, 5.74) is 1.16. The summed E-state index contributed by atoms with van der Waals surface area (Å²) in [6.45, 7) is 0.827. The molecule has 0 bridgehead atoms. The van der Waals surface area contributed by atoms with Crippen LogP contribution in [0.2, 0.25) is 5.02 Å². The van der Waals surface area contributed by atoms with Gasteiger partial charge < -0.3 is 10.3 Å². The third-order valence-corrected chi connectivity index (χ3v) is 4.27. The second-order valence-corrected chi connectivity index (χ2v) is 5.81. The van der Waals surface area contributed by atoms with Gasteiger partial charge in [-0.25, -0.2) is 4.98 Å². The molecule has 0 radical (unpaired) electrons. The number of hydrogen-bond acceptors (Lipinski definition) is 3. The van der Waals surface area contributed by atoms with Crippen molar-refractivity contribution in [3.63, 3.8) is 0 Å². The highest BCUT2D eigenvalue weighted by Gasteiger charge is 2.21. The van der Waals surface area contributed by atoms with Crippen LogP contribution in [0.4, 0.5) is 0 Å². The van der Waals surface area contributed by atoms with Crippen LogP contribution >= 0.6 is 23.4 Å². The molecule has 0 atom stereocenters. The Hall–Kier alpha value is -0.970. The minimum absolute atomic E-state index is 0.683. The summed E-state index contributed by atoms with van der Waals surface area (Å²) in [6.07, 6.45) is 6.15. The quantitative estimate of drug-likeness (QED) is 0.880. The SMILES string of the molecule is Clc1cccc(Sc2ncc[nH]2)c1CNC1CC1. The van der Waals surface area contributed by atoms with E-state index in [0.29, 0.717) is 6.04 Å². The summed E-state index contributed by atoms with van der Waals surface area (Å²) in [5.74, 6) is 0. The number of imidazole rings is 1. The Morgan fingerprint density at radius 2 is 2.33 bits per heavy atom. The average Bonchev–Trinajstić information content (AvgIpc) is 3.05. The second-order valence-electron chi connectivity index (χ2n) is 4.37. The largest absolute Gasteiger partial charge is 0.339 e. The van der Waals surface area contributed by atoms with Crippen LogP contribution in [0.1, 0.15) is 18.4 Å². The lowest BCUT2D eigenvalue weighted by molar-refractivity contribution is 0.680. The van der Waals surface area contributed by atoms with Gasteiger partial charge in [-0.05, 0) is 30.5 Å². The standard InChI is InChI=1S/C13H14ClN3S/c14-11-2-1-3-12(18-13-15-6-7-16-13)10(11)8-17-9-4-5-9/h1-3,6-7,9,17H,4-5,8H2,(H,15,16). The van der Waals surface area contributed by atoms with Crippen LogP contribution in [0.3, 0.4) is 0 Å². The Kier molecular flexibility index (Phi) is 3.59. The van der Waals surface area contributed by atoms with Crippen molar-refractivity contribution in [3.05, 3.63) is 41.2 Å². The van der Waals surface area contributed by atoms with Crippen molar-refractivity contribution in [2.24, 2.45) is 0 Å². The maximum atomic E-state index is 6.29. The molecule has 94 valence electrons. The highest BCUT2D eigenvalue weighted by atomic mass is 35.5. The minimum Gasteiger partial charge on any atom is -0.339 e. The predicted octanol–water partition coefficient (Wildman–Crippen LogP) is 3.47. The first-order valence-corrected chi connectivity index (χ1v) is 7.20. The molecule has 1 aromatic carbocycles. The fraction of sp³-hybridized carbons (Fsp3) is 0.308. The van der Waals surface area contributed by atoms with Gasteiger partial charge in [-0.15, -0.1) is 0 Å². The maximum absolute atomic E-state index is 6.29. The van der Waals surface area contributed by atoms with Gasteiger partial charge in [-0.2, -0.15) is 0 Å². The number of nitrogens with one attached hydrogen (secondary N) is 2. The first-order chi connectivity index (χ1) is 8.83. The number of rotatable bonds is 5. The fourth-order valence-electron chi connectivity index (χ4n) is 1.75. The summed E-state index contributed by atoms with van der Waals surface area (Å²) < 4.78 is 0. The zero-order valence-corrected chi connectivity index (χ0v) is 11.4. The molecule has 2 aromatic rings. The Balaban J connectivity index is 1.80. The third-order valence-electron chi connectivity index (χ3n) is 2.90. The number of halogens is 1. The van der Waals surface area contributed by atoms with E-state index in [2.05, 4.69) is 21.4 Å². The molecular weight excluding hydrogens is 266 g/mol. The minimum atomic E-state index is 0.683. The molecule has 5 heteroatoms. The summed E-state index contributed by atoms with van der Waals surface area (Å²) in [4.78, 5) is 8.49. The monoisotopic (exact) mass is 279 g/mol. The van der Waals surface area contributed by atoms with E-state index in [1.54, 1.807) is 18.0 Å². The van der Waals surface area contributed by atoms with Crippen LogP contribution in [0, 0.1) is 0 Å². The summed E-state index contributed by atoms with van der Waals surface area (Å²) in [6, 6.07) is 6.69. The average molecular weight is 280 g/mol. The van der Waals surface area contributed by atoms with E-state index >= 15 is 0 Å². The first kappa shape index (κ1) is 12.1. The molecule has 3 nitrogen and oxygen atoms in total. The lowest BCUT2D eigenvalue weighted by atomic mass is 10.2. The van der Waals surface area contributed by atoms with Gasteiger partial charge in [0.15, 0.2) is 5.16 Å². The Bertz CT molecular complexity index is 523. The van der Waals surface area contributed by atoms with E-state index in [1.165, 1.54) is 12.8 Å². The zero-order valence-electron chi connectivity index (χ0n) is 9.82. The van der Waals surface area contributed by atoms with Crippen molar-refractivity contribution in [1.29, 1.82) is 0 Å². The summed E-state index contributed by atoms with van der Waals surface area (Å²) >= 11 is 7.91. The van der Waals surface area contributed by atoms with E-state index in [-0.39, 0.29) is 0 Å². The number of hydrogen-bond donors (Lipinski definition) is 2. The molecule has 0 unspecified atom stereocenters. The van der Waals surface area contributed by atoms with Gasteiger partial charge in [0.1, 0.15) is 0 Å². The van der Waals surface area contributed by atoms with Crippen molar-refractivity contribution in [2.45, 2.75) is 35.5 Å². The van der Waals surface area contributed by atoms with E-state index < -0.39 is 0 Å². The second kappa shape index (κ2) is 5.34. The normalized spacial score (nSPS) is 14.9. The molecule has 1 aliphatic rings. The van der Waals surface area contributed by atoms with Gasteiger partial charge in [0.2, 0.25) is 0 Å². The molecule has 1 heterocycles. The fourth-order valence-corrected chi connectivity index (χ4v) is 2.95. The number of benzene rings is 1. The molecule has 1 aliphatic carbocycles. The lowest BCUT2D eigenvalue weighted by Gasteiger charge is -2.10. The van der Waals surface area contributed by atoms with Gasteiger partial charge in [0.05, 0.1) is 0 Å². The topological polar surface area (TPSA) is 40.7 Å². The Labute approximate surface area is 115 Å². The van der Waals surface area contributed by atoms with Gasteiger partial charge in [0.25, 0.3) is 0 Å². The molecule has 0 saturated heterocycles. The number of aromatic nitrogens is 2. The Morgan fingerprint density at radius 3 is 3.06 bits per heavy atom. The van der Waals surface area contributed by atoms with Gasteiger partial charge in [0, 0.05) is 34.9 Å². The summed E-state index contributed by atoms with van der Waals surface area (Å²) in [7, 11) is 0. The molecule has 3 rings (SSSR count). The van der Waals surface area contributed by atoms with Crippen LogP contribution in [0.25, 0.3) is 0 Å². The Morgan fingerprint density at radius 1 is 1.44 bits per heavy atom.